The largest absolute Gasteiger partial charge is 0.379 e. The van der Waals surface area contributed by atoms with Crippen molar-refractivity contribution in [2.75, 3.05) is 25.1 Å². The van der Waals surface area contributed by atoms with Crippen LogP contribution in [0.1, 0.15) is 30.5 Å². The molecule has 3 N–H and O–H groups in total. The van der Waals surface area contributed by atoms with E-state index in [2.05, 4.69) is 5.32 Å². The van der Waals surface area contributed by atoms with E-state index < -0.39 is 0 Å². The standard InChI is InChI=1S/C20H26N2O3.ClH/c1-2-24-11-12-25-15-16-7-6-10-18(13-16)22-20(23)14-19(21)17-8-4-3-5-9-17;/h3-10,13,19H,2,11-12,14-15,21H2,1H3,(H,22,23);1H. The van der Waals surface area contributed by atoms with Gasteiger partial charge in [0.25, 0.3) is 0 Å². The van der Waals surface area contributed by atoms with Crippen molar-refractivity contribution in [3.05, 3.63) is 65.7 Å². The molecule has 2 aromatic carbocycles. The van der Waals surface area contributed by atoms with E-state index in [0.29, 0.717) is 26.4 Å². The Morgan fingerprint density at radius 1 is 1.08 bits per heavy atom. The minimum Gasteiger partial charge on any atom is -0.379 e. The summed E-state index contributed by atoms with van der Waals surface area (Å²) in [5, 5.41) is 2.89. The summed E-state index contributed by atoms with van der Waals surface area (Å²) in [7, 11) is 0. The third-order valence-corrected chi connectivity index (χ3v) is 3.69. The third-order valence-electron chi connectivity index (χ3n) is 3.69. The van der Waals surface area contributed by atoms with Crippen molar-refractivity contribution in [3.8, 4) is 0 Å². The van der Waals surface area contributed by atoms with Gasteiger partial charge in [0.15, 0.2) is 0 Å². The Labute approximate surface area is 161 Å². The Morgan fingerprint density at radius 2 is 1.81 bits per heavy atom. The van der Waals surface area contributed by atoms with Crippen molar-refractivity contribution >= 4 is 24.0 Å². The molecule has 26 heavy (non-hydrogen) atoms. The van der Waals surface area contributed by atoms with Gasteiger partial charge in [0.05, 0.1) is 19.8 Å². The smallest absolute Gasteiger partial charge is 0.226 e. The monoisotopic (exact) mass is 378 g/mol. The number of nitrogens with two attached hydrogens (primary N) is 1. The molecule has 2 rings (SSSR count). The van der Waals surface area contributed by atoms with Gasteiger partial charge in [-0.2, -0.15) is 0 Å². The lowest BCUT2D eigenvalue weighted by Gasteiger charge is -2.13. The summed E-state index contributed by atoms with van der Waals surface area (Å²) in [6.07, 6.45) is 0.235. The molecule has 0 heterocycles. The van der Waals surface area contributed by atoms with E-state index in [9.17, 15) is 4.79 Å². The third kappa shape index (κ3) is 7.97. The van der Waals surface area contributed by atoms with Crippen LogP contribution in [-0.2, 0) is 20.9 Å². The van der Waals surface area contributed by atoms with Crippen LogP contribution < -0.4 is 11.1 Å². The highest BCUT2D eigenvalue weighted by molar-refractivity contribution is 5.91. The molecule has 2 aromatic rings. The van der Waals surface area contributed by atoms with Gasteiger partial charge < -0.3 is 20.5 Å². The van der Waals surface area contributed by atoms with Gasteiger partial charge in [-0.15, -0.1) is 12.4 Å². The van der Waals surface area contributed by atoms with Crippen LogP contribution in [-0.4, -0.2) is 25.7 Å². The van der Waals surface area contributed by atoms with Crippen molar-refractivity contribution < 1.29 is 14.3 Å². The zero-order chi connectivity index (χ0) is 17.9. The highest BCUT2D eigenvalue weighted by atomic mass is 35.5. The number of hydrogen-bond donors (Lipinski definition) is 2. The number of nitrogens with one attached hydrogen (secondary N) is 1. The van der Waals surface area contributed by atoms with Gasteiger partial charge >= 0.3 is 0 Å². The molecule has 5 nitrogen and oxygen atoms in total. The summed E-state index contributed by atoms with van der Waals surface area (Å²) in [4.78, 5) is 12.2. The summed E-state index contributed by atoms with van der Waals surface area (Å²) < 4.78 is 10.8. The maximum atomic E-state index is 12.2. The Kier molecular flexibility index (Phi) is 10.6. The number of carbonyl (C=O) groups is 1. The van der Waals surface area contributed by atoms with Crippen molar-refractivity contribution in [2.45, 2.75) is 26.0 Å². The Morgan fingerprint density at radius 3 is 2.54 bits per heavy atom. The molecular weight excluding hydrogens is 352 g/mol. The topological polar surface area (TPSA) is 73.6 Å². The lowest BCUT2D eigenvalue weighted by Crippen LogP contribution is -2.20. The molecule has 1 unspecified atom stereocenters. The molecular formula is C20H27ClN2O3. The highest BCUT2D eigenvalue weighted by Gasteiger charge is 2.11. The SMILES string of the molecule is CCOCCOCc1cccc(NC(=O)CC(N)c2ccccc2)c1.Cl. The molecule has 0 saturated heterocycles. The number of anilines is 1. The molecule has 0 fully saturated rings. The maximum absolute atomic E-state index is 12.2. The van der Waals surface area contributed by atoms with Crippen LogP contribution in [0.3, 0.4) is 0 Å². The van der Waals surface area contributed by atoms with Gasteiger partial charge in [-0.1, -0.05) is 42.5 Å². The second kappa shape index (κ2) is 12.4. The molecule has 0 bridgehead atoms. The van der Waals surface area contributed by atoms with Crippen molar-refractivity contribution in [3.63, 3.8) is 0 Å². The summed E-state index contributed by atoms with van der Waals surface area (Å²) in [5.41, 5.74) is 8.79. The second-order valence-electron chi connectivity index (χ2n) is 5.72. The lowest BCUT2D eigenvalue weighted by atomic mass is 10.0. The molecule has 0 saturated carbocycles. The van der Waals surface area contributed by atoms with Gasteiger partial charge in [-0.05, 0) is 30.2 Å². The molecule has 1 amide bonds. The second-order valence-corrected chi connectivity index (χ2v) is 5.72. The van der Waals surface area contributed by atoms with E-state index in [0.717, 1.165) is 16.8 Å². The lowest BCUT2D eigenvalue weighted by molar-refractivity contribution is -0.116. The van der Waals surface area contributed by atoms with Crippen LogP contribution >= 0.6 is 12.4 Å². The van der Waals surface area contributed by atoms with Crippen molar-refractivity contribution in [2.24, 2.45) is 5.73 Å². The number of hydrogen-bond acceptors (Lipinski definition) is 4. The van der Waals surface area contributed by atoms with Crippen LogP contribution in [0.5, 0.6) is 0 Å². The first kappa shape index (κ1) is 22.1. The molecule has 0 spiro atoms. The van der Waals surface area contributed by atoms with E-state index in [1.165, 1.54) is 0 Å². The number of rotatable bonds is 10. The number of halogens is 1. The molecule has 142 valence electrons. The first-order valence-electron chi connectivity index (χ1n) is 8.54. The number of amides is 1. The van der Waals surface area contributed by atoms with Crippen molar-refractivity contribution in [1.82, 2.24) is 0 Å². The molecule has 6 heteroatoms. The minimum absolute atomic E-state index is 0. The molecule has 0 radical (unpaired) electrons. The van der Waals surface area contributed by atoms with Gasteiger partial charge in [0, 0.05) is 24.8 Å². The molecule has 1 atom stereocenters. The Balaban J connectivity index is 0.00000338. The zero-order valence-electron chi connectivity index (χ0n) is 15.0. The summed E-state index contributed by atoms with van der Waals surface area (Å²) >= 11 is 0. The maximum Gasteiger partial charge on any atom is 0.226 e. The predicted molar refractivity (Wildman–Crippen MR) is 106 cm³/mol. The minimum atomic E-state index is -0.314. The van der Waals surface area contributed by atoms with E-state index in [1.54, 1.807) is 0 Å². The fourth-order valence-electron chi connectivity index (χ4n) is 2.42. The zero-order valence-corrected chi connectivity index (χ0v) is 15.8. The summed E-state index contributed by atoms with van der Waals surface area (Å²) in [6, 6.07) is 16.9. The first-order chi connectivity index (χ1) is 12.2. The van der Waals surface area contributed by atoms with E-state index >= 15 is 0 Å². The normalized spacial score (nSPS) is 11.5. The predicted octanol–water partition coefficient (Wildman–Crippen LogP) is 3.69. The van der Waals surface area contributed by atoms with Crippen LogP contribution in [0.25, 0.3) is 0 Å². The highest BCUT2D eigenvalue weighted by Crippen LogP contribution is 2.16. The van der Waals surface area contributed by atoms with Crippen molar-refractivity contribution in [1.29, 1.82) is 0 Å². The Bertz CT molecular complexity index is 653. The van der Waals surface area contributed by atoms with Crippen LogP contribution in [0, 0.1) is 0 Å². The molecule has 0 aromatic heterocycles. The van der Waals surface area contributed by atoms with E-state index in [1.807, 2.05) is 61.5 Å². The van der Waals surface area contributed by atoms with Crippen LogP contribution in [0.15, 0.2) is 54.6 Å². The van der Waals surface area contributed by atoms with E-state index in [4.69, 9.17) is 15.2 Å². The number of ether oxygens (including phenoxy) is 2. The number of benzene rings is 2. The Hall–Kier alpha value is -1.92. The van der Waals surface area contributed by atoms with E-state index in [-0.39, 0.29) is 30.8 Å². The van der Waals surface area contributed by atoms with Gasteiger partial charge in [0.2, 0.25) is 5.91 Å². The molecule has 0 aliphatic heterocycles. The van der Waals surface area contributed by atoms with Gasteiger partial charge in [0.1, 0.15) is 0 Å². The first-order valence-corrected chi connectivity index (χ1v) is 8.54. The van der Waals surface area contributed by atoms with Crippen LogP contribution in [0.4, 0.5) is 5.69 Å². The van der Waals surface area contributed by atoms with Crippen LogP contribution in [0.2, 0.25) is 0 Å². The summed E-state index contributed by atoms with van der Waals surface area (Å²) in [5.74, 6) is -0.106. The van der Waals surface area contributed by atoms with Gasteiger partial charge in [-0.3, -0.25) is 4.79 Å². The average Bonchev–Trinajstić information content (AvgIpc) is 2.62. The number of carbonyl (C=O) groups excluding carboxylic acids is 1. The average molecular weight is 379 g/mol. The fourth-order valence-corrected chi connectivity index (χ4v) is 2.42. The fraction of sp³-hybridized carbons (Fsp3) is 0.350. The quantitative estimate of drug-likeness (QED) is 0.618. The van der Waals surface area contributed by atoms with Gasteiger partial charge in [-0.25, -0.2) is 0 Å². The molecule has 0 aliphatic rings. The summed E-state index contributed by atoms with van der Waals surface area (Å²) in [6.45, 7) is 4.27. The molecule has 0 aliphatic carbocycles.